The molecule has 0 aliphatic heterocycles. The van der Waals surface area contributed by atoms with Gasteiger partial charge in [-0.25, -0.2) is 0 Å². The third-order valence-corrected chi connectivity index (χ3v) is 2.53. The molecule has 3 nitrogen and oxygen atoms in total. The van der Waals surface area contributed by atoms with Crippen molar-refractivity contribution in [2.75, 3.05) is 20.1 Å². The highest BCUT2D eigenvalue weighted by Gasteiger charge is 2.16. The highest BCUT2D eigenvalue weighted by Crippen LogP contribution is 2.15. The highest BCUT2D eigenvalue weighted by molar-refractivity contribution is 5.76. The zero-order valence-corrected chi connectivity index (χ0v) is 11.1. The Bertz CT molecular complexity index is 236. The van der Waals surface area contributed by atoms with Crippen LogP contribution < -0.4 is 5.73 Å². The number of rotatable bonds is 7. The summed E-state index contributed by atoms with van der Waals surface area (Å²) >= 11 is 0. The predicted molar refractivity (Wildman–Crippen MR) is 69.1 cm³/mol. The highest BCUT2D eigenvalue weighted by atomic mass is 16.2. The van der Waals surface area contributed by atoms with Crippen LogP contribution in [-0.4, -0.2) is 30.9 Å². The fourth-order valence-electron chi connectivity index (χ4n) is 1.83. The van der Waals surface area contributed by atoms with Crippen molar-refractivity contribution in [3.63, 3.8) is 0 Å². The summed E-state index contributed by atoms with van der Waals surface area (Å²) in [4.78, 5) is 13.6. The van der Waals surface area contributed by atoms with Crippen molar-refractivity contribution in [2.45, 2.75) is 33.6 Å². The van der Waals surface area contributed by atoms with Crippen LogP contribution in [0.15, 0.2) is 12.2 Å². The van der Waals surface area contributed by atoms with Gasteiger partial charge in [0.15, 0.2) is 0 Å². The van der Waals surface area contributed by atoms with Crippen LogP contribution in [0.3, 0.4) is 0 Å². The Kier molecular flexibility index (Phi) is 7.06. The summed E-state index contributed by atoms with van der Waals surface area (Å²) in [6, 6.07) is 0. The smallest absolute Gasteiger partial charge is 0.222 e. The van der Waals surface area contributed by atoms with E-state index in [1.54, 1.807) is 4.90 Å². The first-order chi connectivity index (χ1) is 7.36. The summed E-state index contributed by atoms with van der Waals surface area (Å²) in [5.74, 6) is 1.06. The minimum absolute atomic E-state index is 0.166. The molecule has 0 aliphatic carbocycles. The van der Waals surface area contributed by atoms with E-state index in [-0.39, 0.29) is 5.91 Å². The van der Waals surface area contributed by atoms with E-state index in [4.69, 9.17) is 5.73 Å². The largest absolute Gasteiger partial charge is 0.342 e. The van der Waals surface area contributed by atoms with Gasteiger partial charge in [0.2, 0.25) is 5.91 Å². The van der Waals surface area contributed by atoms with Gasteiger partial charge >= 0.3 is 0 Å². The number of carbonyl (C=O) groups excluding carboxylic acids is 1. The predicted octanol–water partition coefficient (Wildman–Crippen LogP) is 2.03. The molecule has 1 atom stereocenters. The Morgan fingerprint density at radius 3 is 2.38 bits per heavy atom. The fraction of sp³-hybridized carbons (Fsp3) is 0.769. The molecule has 0 aromatic rings. The summed E-state index contributed by atoms with van der Waals surface area (Å²) in [5, 5.41) is 0. The molecule has 0 rings (SSSR count). The molecule has 0 aromatic carbocycles. The average Bonchev–Trinajstić information content (AvgIpc) is 2.14. The molecule has 0 heterocycles. The molecule has 0 aliphatic rings. The van der Waals surface area contributed by atoms with Gasteiger partial charge < -0.3 is 10.6 Å². The molecule has 0 fully saturated rings. The minimum Gasteiger partial charge on any atom is -0.342 e. The third kappa shape index (κ3) is 6.62. The van der Waals surface area contributed by atoms with Gasteiger partial charge in [-0.15, -0.1) is 0 Å². The Morgan fingerprint density at radius 1 is 1.44 bits per heavy atom. The summed E-state index contributed by atoms with van der Waals surface area (Å²) in [6.45, 7) is 11.3. The van der Waals surface area contributed by atoms with E-state index in [2.05, 4.69) is 20.4 Å². The zero-order chi connectivity index (χ0) is 12.7. The van der Waals surface area contributed by atoms with Gasteiger partial charge in [0, 0.05) is 20.0 Å². The second-order valence-electron chi connectivity index (χ2n) is 5.14. The Morgan fingerprint density at radius 2 is 2.00 bits per heavy atom. The van der Waals surface area contributed by atoms with Crippen molar-refractivity contribution in [2.24, 2.45) is 17.6 Å². The molecule has 0 spiro atoms. The lowest BCUT2D eigenvalue weighted by Crippen LogP contribution is -2.31. The molecule has 3 heteroatoms. The van der Waals surface area contributed by atoms with E-state index in [0.717, 1.165) is 12.0 Å². The molecule has 94 valence electrons. The SMILES string of the molecule is C=C(C)CN(C)C(=O)C[C@@H](CN)CC(C)C. The minimum atomic E-state index is 0.166. The fourth-order valence-corrected chi connectivity index (χ4v) is 1.83. The first-order valence-electron chi connectivity index (χ1n) is 5.95. The lowest BCUT2D eigenvalue weighted by molar-refractivity contribution is -0.130. The van der Waals surface area contributed by atoms with Crippen LogP contribution in [0.5, 0.6) is 0 Å². The molecule has 0 bridgehead atoms. The van der Waals surface area contributed by atoms with E-state index < -0.39 is 0 Å². The topological polar surface area (TPSA) is 46.3 Å². The lowest BCUT2D eigenvalue weighted by Gasteiger charge is -2.21. The molecule has 0 saturated carbocycles. The first-order valence-corrected chi connectivity index (χ1v) is 5.95. The standard InChI is InChI=1S/C13H26N2O/c1-10(2)6-12(8-14)7-13(16)15(5)9-11(3)4/h10,12H,3,6-9,14H2,1-2,4-5H3/t12-/m0/s1. The maximum Gasteiger partial charge on any atom is 0.222 e. The van der Waals surface area contributed by atoms with Gasteiger partial charge in [0.05, 0.1) is 0 Å². The van der Waals surface area contributed by atoms with Crippen LogP contribution in [-0.2, 0) is 4.79 Å². The Labute approximate surface area is 99.7 Å². The molecule has 0 radical (unpaired) electrons. The van der Waals surface area contributed by atoms with E-state index in [1.807, 2.05) is 14.0 Å². The van der Waals surface area contributed by atoms with Gasteiger partial charge in [-0.1, -0.05) is 26.0 Å². The van der Waals surface area contributed by atoms with Gasteiger partial charge in [0.25, 0.3) is 0 Å². The van der Waals surface area contributed by atoms with Gasteiger partial charge in [-0.05, 0) is 31.7 Å². The van der Waals surface area contributed by atoms with E-state index >= 15 is 0 Å². The van der Waals surface area contributed by atoms with E-state index in [9.17, 15) is 4.79 Å². The Hall–Kier alpha value is -0.830. The summed E-state index contributed by atoms with van der Waals surface area (Å²) in [6.07, 6.45) is 1.57. The molecule has 16 heavy (non-hydrogen) atoms. The molecular weight excluding hydrogens is 200 g/mol. The second kappa shape index (κ2) is 7.44. The number of nitrogens with zero attached hydrogens (tertiary/aromatic N) is 1. The third-order valence-electron chi connectivity index (χ3n) is 2.53. The molecule has 0 unspecified atom stereocenters. The van der Waals surface area contributed by atoms with E-state index in [1.165, 1.54) is 0 Å². The van der Waals surface area contributed by atoms with Crippen LogP contribution in [0, 0.1) is 11.8 Å². The van der Waals surface area contributed by atoms with Crippen LogP contribution in [0.2, 0.25) is 0 Å². The molecule has 0 saturated heterocycles. The number of likely N-dealkylation sites (N-methyl/N-ethyl adjacent to an activating group) is 1. The average molecular weight is 226 g/mol. The van der Waals surface area contributed by atoms with Crippen molar-refractivity contribution in [3.05, 3.63) is 12.2 Å². The first kappa shape index (κ1) is 15.2. The second-order valence-corrected chi connectivity index (χ2v) is 5.14. The number of hydrogen-bond donors (Lipinski definition) is 1. The van der Waals surface area contributed by atoms with Crippen molar-refractivity contribution >= 4 is 5.91 Å². The molecule has 1 amide bonds. The van der Waals surface area contributed by atoms with Gasteiger partial charge in [0.1, 0.15) is 0 Å². The normalized spacial score (nSPS) is 12.6. The maximum absolute atomic E-state index is 11.9. The van der Waals surface area contributed by atoms with Crippen LogP contribution in [0.25, 0.3) is 0 Å². The molecule has 0 aromatic heterocycles. The number of hydrogen-bond acceptors (Lipinski definition) is 2. The molecular formula is C13H26N2O. The number of amides is 1. The maximum atomic E-state index is 11.9. The van der Waals surface area contributed by atoms with Crippen molar-refractivity contribution in [3.8, 4) is 0 Å². The quantitative estimate of drug-likeness (QED) is 0.675. The zero-order valence-electron chi connectivity index (χ0n) is 11.1. The monoisotopic (exact) mass is 226 g/mol. The van der Waals surface area contributed by atoms with Crippen molar-refractivity contribution < 1.29 is 4.79 Å². The van der Waals surface area contributed by atoms with Gasteiger partial charge in [-0.2, -0.15) is 0 Å². The van der Waals surface area contributed by atoms with Gasteiger partial charge in [-0.3, -0.25) is 4.79 Å². The summed E-state index contributed by atoms with van der Waals surface area (Å²) < 4.78 is 0. The molecule has 2 N–H and O–H groups in total. The van der Waals surface area contributed by atoms with Crippen LogP contribution in [0.1, 0.15) is 33.6 Å². The van der Waals surface area contributed by atoms with E-state index in [0.29, 0.717) is 31.3 Å². The number of nitrogens with two attached hydrogens (primary N) is 1. The summed E-state index contributed by atoms with van der Waals surface area (Å²) in [5.41, 5.74) is 6.69. The Balaban J connectivity index is 4.13. The summed E-state index contributed by atoms with van der Waals surface area (Å²) in [7, 11) is 1.82. The van der Waals surface area contributed by atoms with Crippen molar-refractivity contribution in [1.82, 2.24) is 4.90 Å². The number of carbonyl (C=O) groups is 1. The van der Waals surface area contributed by atoms with Crippen LogP contribution >= 0.6 is 0 Å². The van der Waals surface area contributed by atoms with Crippen molar-refractivity contribution in [1.29, 1.82) is 0 Å². The lowest BCUT2D eigenvalue weighted by atomic mass is 9.94. The van der Waals surface area contributed by atoms with Crippen LogP contribution in [0.4, 0.5) is 0 Å².